The van der Waals surface area contributed by atoms with Gasteiger partial charge in [0, 0.05) is 33.9 Å². The standard InChI is InChI=1S/C19H13ClN4O3S/c20-15-4-6-16(7-5-15)28-18-8-3-13(10-17(18)24(26)27)11-22-23-19(25)14-2-1-9-21-12-14/h1-12H,(H,23,25)/b22-11+. The topological polar surface area (TPSA) is 97.5 Å². The smallest absolute Gasteiger partial charge is 0.267 e. The Morgan fingerprint density at radius 1 is 1.21 bits per heavy atom. The lowest BCUT2D eigenvalue weighted by Crippen LogP contribution is -2.17. The Bertz CT molecular complexity index is 1030. The van der Waals surface area contributed by atoms with Crippen molar-refractivity contribution in [1.29, 1.82) is 0 Å². The van der Waals surface area contributed by atoms with Crippen molar-refractivity contribution in [2.75, 3.05) is 0 Å². The molecule has 1 N–H and O–H groups in total. The molecule has 0 radical (unpaired) electrons. The molecule has 28 heavy (non-hydrogen) atoms. The molecule has 3 rings (SSSR count). The van der Waals surface area contributed by atoms with E-state index < -0.39 is 10.8 Å². The monoisotopic (exact) mass is 412 g/mol. The van der Waals surface area contributed by atoms with Gasteiger partial charge in [-0.15, -0.1) is 0 Å². The minimum absolute atomic E-state index is 0.0533. The third-order valence-electron chi connectivity index (χ3n) is 3.52. The number of carbonyl (C=O) groups excluding carboxylic acids is 1. The number of hydrogen-bond donors (Lipinski definition) is 1. The molecule has 140 valence electrons. The molecule has 0 fully saturated rings. The molecule has 0 atom stereocenters. The molecular weight excluding hydrogens is 400 g/mol. The molecular formula is C19H13ClN4O3S. The maximum absolute atomic E-state index is 11.9. The van der Waals surface area contributed by atoms with Gasteiger partial charge in [0.05, 0.1) is 21.6 Å². The van der Waals surface area contributed by atoms with Gasteiger partial charge in [-0.25, -0.2) is 5.43 Å². The van der Waals surface area contributed by atoms with E-state index in [0.29, 0.717) is 21.0 Å². The van der Waals surface area contributed by atoms with E-state index in [1.165, 1.54) is 30.2 Å². The number of nitro groups is 1. The summed E-state index contributed by atoms with van der Waals surface area (Å²) in [4.78, 5) is 28.1. The lowest BCUT2D eigenvalue weighted by atomic mass is 10.2. The zero-order valence-corrected chi connectivity index (χ0v) is 15.9. The Morgan fingerprint density at radius 3 is 2.68 bits per heavy atom. The average molecular weight is 413 g/mol. The van der Waals surface area contributed by atoms with Crippen LogP contribution in [0.5, 0.6) is 0 Å². The largest absolute Gasteiger partial charge is 0.283 e. The Labute approximate surface area is 169 Å². The highest BCUT2D eigenvalue weighted by atomic mass is 35.5. The van der Waals surface area contributed by atoms with Crippen molar-refractivity contribution in [1.82, 2.24) is 10.4 Å². The number of hydrazone groups is 1. The van der Waals surface area contributed by atoms with Crippen molar-refractivity contribution < 1.29 is 9.72 Å². The second kappa shape index (κ2) is 9.12. The van der Waals surface area contributed by atoms with Gasteiger partial charge in [-0.2, -0.15) is 5.10 Å². The minimum atomic E-state index is -0.455. The number of rotatable bonds is 6. The number of nitro benzene ring substituents is 1. The Hall–Kier alpha value is -3.23. The van der Waals surface area contributed by atoms with E-state index in [-0.39, 0.29) is 5.69 Å². The van der Waals surface area contributed by atoms with Crippen LogP contribution in [-0.2, 0) is 0 Å². The first kappa shape index (κ1) is 19.5. The van der Waals surface area contributed by atoms with Crippen LogP contribution in [0.4, 0.5) is 5.69 Å². The summed E-state index contributed by atoms with van der Waals surface area (Å²) in [5.74, 6) is -0.422. The summed E-state index contributed by atoms with van der Waals surface area (Å²) in [6.45, 7) is 0. The lowest BCUT2D eigenvalue weighted by Gasteiger charge is -2.04. The minimum Gasteiger partial charge on any atom is -0.267 e. The highest BCUT2D eigenvalue weighted by Crippen LogP contribution is 2.35. The summed E-state index contributed by atoms with van der Waals surface area (Å²) in [5, 5.41) is 15.9. The van der Waals surface area contributed by atoms with Crippen LogP contribution in [0.1, 0.15) is 15.9 Å². The predicted octanol–water partition coefficient (Wildman–Crippen LogP) is 4.56. The van der Waals surface area contributed by atoms with Crippen molar-refractivity contribution in [3.8, 4) is 0 Å². The van der Waals surface area contributed by atoms with Crippen molar-refractivity contribution in [2.24, 2.45) is 5.10 Å². The van der Waals surface area contributed by atoms with Crippen LogP contribution < -0.4 is 5.43 Å². The van der Waals surface area contributed by atoms with Gasteiger partial charge in [-0.1, -0.05) is 29.4 Å². The van der Waals surface area contributed by atoms with E-state index in [0.717, 1.165) is 4.90 Å². The maximum atomic E-state index is 11.9. The predicted molar refractivity (Wildman–Crippen MR) is 108 cm³/mol. The quantitative estimate of drug-likeness (QED) is 0.363. The summed E-state index contributed by atoms with van der Waals surface area (Å²) in [6.07, 6.45) is 4.32. The Balaban J connectivity index is 1.74. The highest BCUT2D eigenvalue weighted by molar-refractivity contribution is 7.99. The van der Waals surface area contributed by atoms with Crippen LogP contribution >= 0.6 is 23.4 Å². The van der Waals surface area contributed by atoms with E-state index in [1.54, 1.807) is 54.7 Å². The van der Waals surface area contributed by atoms with E-state index in [4.69, 9.17) is 11.6 Å². The molecule has 0 saturated heterocycles. The summed E-state index contributed by atoms with van der Waals surface area (Å²) in [7, 11) is 0. The molecule has 2 aromatic carbocycles. The second-order valence-corrected chi connectivity index (χ2v) is 7.03. The number of nitrogens with one attached hydrogen (secondary N) is 1. The molecule has 7 nitrogen and oxygen atoms in total. The third kappa shape index (κ3) is 5.15. The van der Waals surface area contributed by atoms with Gasteiger partial charge in [0.1, 0.15) is 0 Å². The molecule has 0 saturated carbocycles. The normalized spacial score (nSPS) is 10.8. The molecule has 0 spiro atoms. The molecule has 0 bridgehead atoms. The first-order chi connectivity index (χ1) is 13.5. The SMILES string of the molecule is O=C(N/N=C/c1ccc(Sc2ccc(Cl)cc2)c([N+](=O)[O-])c1)c1cccnc1. The maximum Gasteiger partial charge on any atom is 0.283 e. The van der Waals surface area contributed by atoms with Crippen LogP contribution in [0.15, 0.2) is 81.9 Å². The molecule has 0 aliphatic heterocycles. The Morgan fingerprint density at radius 2 is 2.00 bits per heavy atom. The molecule has 9 heteroatoms. The molecule has 0 aliphatic carbocycles. The number of halogens is 1. The van der Waals surface area contributed by atoms with E-state index >= 15 is 0 Å². The molecule has 0 unspecified atom stereocenters. The number of aromatic nitrogens is 1. The van der Waals surface area contributed by atoms with Gasteiger partial charge in [0.15, 0.2) is 0 Å². The van der Waals surface area contributed by atoms with Crippen LogP contribution in [0.25, 0.3) is 0 Å². The van der Waals surface area contributed by atoms with Crippen LogP contribution in [0.2, 0.25) is 5.02 Å². The number of carbonyl (C=O) groups is 1. The van der Waals surface area contributed by atoms with Crippen molar-refractivity contribution in [2.45, 2.75) is 9.79 Å². The van der Waals surface area contributed by atoms with E-state index in [2.05, 4.69) is 15.5 Å². The van der Waals surface area contributed by atoms with Crippen molar-refractivity contribution in [3.05, 3.63) is 93.3 Å². The van der Waals surface area contributed by atoms with Crippen LogP contribution in [-0.4, -0.2) is 22.0 Å². The zero-order valence-electron chi connectivity index (χ0n) is 14.3. The number of hydrogen-bond acceptors (Lipinski definition) is 6. The van der Waals surface area contributed by atoms with Crippen LogP contribution in [0, 0.1) is 10.1 Å². The lowest BCUT2D eigenvalue weighted by molar-refractivity contribution is -0.387. The summed E-state index contributed by atoms with van der Waals surface area (Å²) < 4.78 is 0. The fourth-order valence-electron chi connectivity index (χ4n) is 2.20. The van der Waals surface area contributed by atoms with E-state index in [9.17, 15) is 14.9 Å². The first-order valence-electron chi connectivity index (χ1n) is 7.98. The van der Waals surface area contributed by atoms with E-state index in [1.807, 2.05) is 0 Å². The van der Waals surface area contributed by atoms with Gasteiger partial charge < -0.3 is 0 Å². The first-order valence-corrected chi connectivity index (χ1v) is 9.17. The van der Waals surface area contributed by atoms with Crippen molar-refractivity contribution >= 4 is 41.2 Å². The van der Waals surface area contributed by atoms with Gasteiger partial charge >= 0.3 is 0 Å². The zero-order chi connectivity index (χ0) is 19.9. The number of nitrogens with zero attached hydrogens (tertiary/aromatic N) is 3. The molecule has 1 amide bonds. The van der Waals surface area contributed by atoms with Gasteiger partial charge in [0.25, 0.3) is 11.6 Å². The number of benzene rings is 2. The Kier molecular flexibility index (Phi) is 6.36. The third-order valence-corrected chi connectivity index (χ3v) is 4.85. The summed E-state index contributed by atoms with van der Waals surface area (Å²) >= 11 is 7.13. The van der Waals surface area contributed by atoms with Gasteiger partial charge in [0.2, 0.25) is 0 Å². The molecule has 1 heterocycles. The summed E-state index contributed by atoms with van der Waals surface area (Å²) in [6, 6.07) is 15.0. The molecule has 1 aromatic heterocycles. The highest BCUT2D eigenvalue weighted by Gasteiger charge is 2.15. The van der Waals surface area contributed by atoms with Gasteiger partial charge in [-0.3, -0.25) is 19.9 Å². The fourth-order valence-corrected chi connectivity index (χ4v) is 3.23. The average Bonchev–Trinajstić information content (AvgIpc) is 2.71. The number of amides is 1. The van der Waals surface area contributed by atoms with Crippen molar-refractivity contribution in [3.63, 3.8) is 0 Å². The fraction of sp³-hybridized carbons (Fsp3) is 0. The second-order valence-electron chi connectivity index (χ2n) is 5.48. The van der Waals surface area contributed by atoms with Gasteiger partial charge in [-0.05, 0) is 42.5 Å². The molecule has 0 aliphatic rings. The summed E-state index contributed by atoms with van der Waals surface area (Å²) in [5.41, 5.74) is 3.15. The number of pyridine rings is 1. The molecule has 3 aromatic rings. The van der Waals surface area contributed by atoms with Crippen LogP contribution in [0.3, 0.4) is 0 Å².